The Hall–Kier alpha value is -1.85. The van der Waals surface area contributed by atoms with Gasteiger partial charge in [0.2, 0.25) is 10.0 Å². The largest absolute Gasteiger partial charge is 0.318 e. The fraction of sp³-hybridized carbons (Fsp3) is 0.250. The molecule has 1 aromatic rings. The van der Waals surface area contributed by atoms with Crippen LogP contribution in [0.4, 0.5) is 20.2 Å². The molecule has 19 heavy (non-hydrogen) atoms. The van der Waals surface area contributed by atoms with Crippen LogP contribution in [0, 0.1) is 10.1 Å². The van der Waals surface area contributed by atoms with Crippen LogP contribution in [0.3, 0.4) is 0 Å². The Morgan fingerprint density at radius 3 is 2.53 bits per heavy atom. The van der Waals surface area contributed by atoms with Crippen molar-refractivity contribution < 1.29 is 22.1 Å². The smallest absolute Gasteiger partial charge is 0.313 e. The second kappa shape index (κ2) is 5.86. The number of benzene rings is 1. The van der Waals surface area contributed by atoms with Gasteiger partial charge in [-0.05, 0) is 12.1 Å². The van der Waals surface area contributed by atoms with Gasteiger partial charge in [-0.2, -0.15) is 0 Å². The lowest BCUT2D eigenvalue weighted by Gasteiger charge is -2.09. The Labute approximate surface area is 106 Å². The van der Waals surface area contributed by atoms with Gasteiger partial charge in [0.25, 0.3) is 6.43 Å². The van der Waals surface area contributed by atoms with Crippen LogP contribution in [-0.4, -0.2) is 26.3 Å². The van der Waals surface area contributed by atoms with Crippen LogP contribution in [-0.2, 0) is 10.0 Å². The zero-order chi connectivity index (χ0) is 14.6. The third-order valence-electron chi connectivity index (χ3n) is 2.05. The third kappa shape index (κ3) is 3.56. The lowest BCUT2D eigenvalue weighted by Crippen LogP contribution is -2.29. The Balaban J connectivity index is 3.30. The highest BCUT2D eigenvalue weighted by Crippen LogP contribution is 2.31. The van der Waals surface area contributed by atoms with Crippen LogP contribution in [0.2, 0.25) is 0 Å². The van der Waals surface area contributed by atoms with Crippen molar-refractivity contribution in [3.63, 3.8) is 0 Å². The van der Waals surface area contributed by atoms with Crippen molar-refractivity contribution in [1.82, 2.24) is 4.72 Å². The highest BCUT2D eigenvalue weighted by atomic mass is 32.2. The van der Waals surface area contributed by atoms with Crippen molar-refractivity contribution in [3.05, 3.63) is 28.3 Å². The second-order valence-electron chi connectivity index (χ2n) is 3.30. The van der Waals surface area contributed by atoms with Crippen molar-refractivity contribution in [3.8, 4) is 0 Å². The van der Waals surface area contributed by atoms with E-state index in [1.807, 2.05) is 5.43 Å². The Kier molecular flexibility index (Phi) is 4.69. The molecule has 0 heterocycles. The summed E-state index contributed by atoms with van der Waals surface area (Å²) in [5.41, 5.74) is 0.914. The molecule has 0 fully saturated rings. The van der Waals surface area contributed by atoms with E-state index in [0.717, 1.165) is 6.07 Å². The molecule has 1 rings (SSSR count). The summed E-state index contributed by atoms with van der Waals surface area (Å²) in [5, 5.41) is 10.9. The minimum Gasteiger partial charge on any atom is -0.318 e. The summed E-state index contributed by atoms with van der Waals surface area (Å²) in [6.07, 6.45) is -2.91. The van der Waals surface area contributed by atoms with E-state index in [-0.39, 0.29) is 5.69 Å². The fourth-order valence-corrected chi connectivity index (χ4v) is 2.49. The van der Waals surface area contributed by atoms with E-state index in [1.165, 1.54) is 12.1 Å². The van der Waals surface area contributed by atoms with Crippen molar-refractivity contribution in [2.45, 2.75) is 11.3 Å². The highest BCUT2D eigenvalue weighted by molar-refractivity contribution is 7.89. The third-order valence-corrected chi connectivity index (χ3v) is 3.51. The minimum absolute atomic E-state index is 0.245. The van der Waals surface area contributed by atoms with Crippen LogP contribution in [0.15, 0.2) is 23.1 Å². The molecule has 0 saturated heterocycles. The van der Waals surface area contributed by atoms with Gasteiger partial charge in [-0.15, -0.1) is 0 Å². The molecule has 0 spiro atoms. The van der Waals surface area contributed by atoms with Crippen molar-refractivity contribution in [2.24, 2.45) is 5.84 Å². The summed E-state index contributed by atoms with van der Waals surface area (Å²) in [4.78, 5) is 9.15. The van der Waals surface area contributed by atoms with Crippen molar-refractivity contribution in [1.29, 1.82) is 0 Å². The predicted octanol–water partition coefficient (Wildman–Crippen LogP) is 0.424. The molecule has 0 aliphatic rings. The summed E-state index contributed by atoms with van der Waals surface area (Å²) in [7, 11) is -4.43. The van der Waals surface area contributed by atoms with Gasteiger partial charge >= 0.3 is 5.69 Å². The number of alkyl halides is 2. The monoisotopic (exact) mass is 296 g/mol. The molecule has 1 aromatic carbocycles. The van der Waals surface area contributed by atoms with E-state index in [1.54, 1.807) is 4.72 Å². The molecule has 4 N–H and O–H groups in total. The van der Waals surface area contributed by atoms with Gasteiger partial charge in [0, 0.05) is 0 Å². The van der Waals surface area contributed by atoms with E-state index < -0.39 is 38.5 Å². The number of hydrogen-bond acceptors (Lipinski definition) is 6. The number of hydrogen-bond donors (Lipinski definition) is 3. The SMILES string of the molecule is NNc1cccc(S(=O)(=O)NCC(F)F)c1[N+](=O)[O-]. The summed E-state index contributed by atoms with van der Waals surface area (Å²) in [5.74, 6) is 5.03. The molecule has 8 nitrogen and oxygen atoms in total. The number of para-hydroxylation sites is 1. The number of nitrogens with zero attached hydrogens (tertiary/aromatic N) is 1. The number of halogens is 2. The Morgan fingerprint density at radius 1 is 1.42 bits per heavy atom. The van der Waals surface area contributed by atoms with Crippen LogP contribution in [0.1, 0.15) is 0 Å². The number of nitro benzene ring substituents is 1. The number of nitrogens with one attached hydrogen (secondary N) is 2. The molecular formula is C8H10F2N4O4S. The summed E-state index contributed by atoms with van der Waals surface area (Å²) >= 11 is 0. The first-order valence-electron chi connectivity index (χ1n) is 4.81. The summed E-state index contributed by atoms with van der Waals surface area (Å²) in [6.45, 7) is -1.14. The topological polar surface area (TPSA) is 127 Å². The van der Waals surface area contributed by atoms with E-state index in [9.17, 15) is 27.3 Å². The molecule has 0 aromatic heterocycles. The van der Waals surface area contributed by atoms with E-state index in [2.05, 4.69) is 0 Å². The molecule has 0 unspecified atom stereocenters. The Bertz CT molecular complexity index is 578. The molecule has 0 aliphatic carbocycles. The molecule has 11 heteroatoms. The zero-order valence-corrected chi connectivity index (χ0v) is 10.2. The van der Waals surface area contributed by atoms with Gasteiger partial charge in [-0.3, -0.25) is 16.0 Å². The number of rotatable bonds is 6. The van der Waals surface area contributed by atoms with E-state index in [4.69, 9.17) is 5.84 Å². The second-order valence-corrected chi connectivity index (χ2v) is 5.03. The van der Waals surface area contributed by atoms with Crippen molar-refractivity contribution >= 4 is 21.4 Å². The first-order valence-corrected chi connectivity index (χ1v) is 6.29. The van der Waals surface area contributed by atoms with Gasteiger partial charge < -0.3 is 5.43 Å². The average Bonchev–Trinajstić information content (AvgIpc) is 2.35. The predicted molar refractivity (Wildman–Crippen MR) is 62.1 cm³/mol. The lowest BCUT2D eigenvalue weighted by atomic mass is 10.3. The molecule has 0 amide bonds. The minimum atomic E-state index is -4.43. The fourth-order valence-electron chi connectivity index (χ4n) is 1.29. The number of nitrogens with two attached hydrogens (primary N) is 1. The first kappa shape index (κ1) is 15.2. The van der Waals surface area contributed by atoms with Crippen molar-refractivity contribution in [2.75, 3.05) is 12.0 Å². The number of anilines is 1. The molecule has 0 saturated carbocycles. The average molecular weight is 296 g/mol. The van der Waals surface area contributed by atoms with Gasteiger partial charge in [0.1, 0.15) is 5.69 Å². The molecule has 0 aliphatic heterocycles. The molecule has 106 valence electrons. The molecule has 0 radical (unpaired) electrons. The number of nitrogen functional groups attached to an aromatic ring is 1. The van der Waals surface area contributed by atoms with E-state index in [0.29, 0.717) is 0 Å². The van der Waals surface area contributed by atoms with Crippen LogP contribution in [0.5, 0.6) is 0 Å². The van der Waals surface area contributed by atoms with Crippen LogP contribution in [0.25, 0.3) is 0 Å². The van der Waals surface area contributed by atoms with E-state index >= 15 is 0 Å². The maximum absolute atomic E-state index is 12.0. The summed E-state index contributed by atoms with van der Waals surface area (Å²) in [6, 6.07) is 3.30. The first-order chi connectivity index (χ1) is 8.79. The number of sulfonamides is 1. The van der Waals surface area contributed by atoms with Gasteiger partial charge in [-0.1, -0.05) is 6.07 Å². The van der Waals surface area contributed by atoms with Gasteiger partial charge in [-0.25, -0.2) is 21.9 Å². The quantitative estimate of drug-likeness (QED) is 0.396. The molecule has 0 bridgehead atoms. The molecule has 0 atom stereocenters. The summed E-state index contributed by atoms with van der Waals surface area (Å²) < 4.78 is 49.0. The number of hydrazine groups is 1. The Morgan fingerprint density at radius 2 is 2.05 bits per heavy atom. The van der Waals surface area contributed by atoms with Crippen LogP contribution >= 0.6 is 0 Å². The number of nitro groups is 1. The lowest BCUT2D eigenvalue weighted by molar-refractivity contribution is -0.386. The standard InChI is InChI=1S/C8H10F2N4O4S/c9-7(10)4-12-19(17,18)6-3-1-2-5(13-11)8(6)14(15)16/h1-3,7,12-13H,4,11H2. The van der Waals surface area contributed by atoms with Gasteiger partial charge in [0.05, 0.1) is 11.5 Å². The maximum atomic E-state index is 12.0. The van der Waals surface area contributed by atoms with Crippen LogP contribution < -0.4 is 16.0 Å². The maximum Gasteiger partial charge on any atom is 0.313 e. The zero-order valence-electron chi connectivity index (χ0n) is 9.34. The normalized spacial score (nSPS) is 11.6. The molecular weight excluding hydrogens is 286 g/mol. The highest BCUT2D eigenvalue weighted by Gasteiger charge is 2.29. The van der Waals surface area contributed by atoms with Gasteiger partial charge in [0.15, 0.2) is 4.90 Å².